The molecule has 2 aliphatic heterocycles. The highest BCUT2D eigenvalue weighted by molar-refractivity contribution is 6.23. The molecule has 2 amide bonds. The van der Waals surface area contributed by atoms with Crippen LogP contribution >= 0.6 is 0 Å². The second-order valence-corrected chi connectivity index (χ2v) is 7.93. The third kappa shape index (κ3) is 3.26. The molecule has 2 fully saturated rings. The summed E-state index contributed by atoms with van der Waals surface area (Å²) in [7, 11) is 4.59. The van der Waals surface area contributed by atoms with Crippen LogP contribution in [0.25, 0.3) is 0 Å². The van der Waals surface area contributed by atoms with E-state index in [1.807, 2.05) is 42.5 Å². The molecule has 2 aliphatic rings. The van der Waals surface area contributed by atoms with Crippen molar-refractivity contribution in [1.82, 2.24) is 0 Å². The Morgan fingerprint density at radius 3 is 1.91 bits per heavy atom. The van der Waals surface area contributed by atoms with Crippen LogP contribution in [-0.2, 0) is 14.4 Å². The largest absolute Gasteiger partial charge is 0.493 e. The third-order valence-corrected chi connectivity index (χ3v) is 6.19. The average molecular weight is 460 g/mol. The summed E-state index contributed by atoms with van der Waals surface area (Å²) in [6, 6.07) is 21.2. The van der Waals surface area contributed by atoms with Crippen LogP contribution in [-0.4, -0.2) is 39.2 Å². The fourth-order valence-corrected chi connectivity index (χ4v) is 4.72. The summed E-state index contributed by atoms with van der Waals surface area (Å²) < 4.78 is 16.7. The minimum atomic E-state index is -0.976. The number of benzene rings is 3. The van der Waals surface area contributed by atoms with Crippen LogP contribution in [0.4, 0.5) is 11.4 Å². The molecule has 8 heteroatoms. The number of hydroxylamine groups is 1. The minimum absolute atomic E-state index is 0.332. The Hall–Kier alpha value is -4.04. The van der Waals surface area contributed by atoms with E-state index in [1.165, 1.54) is 19.1 Å². The lowest BCUT2D eigenvalue weighted by molar-refractivity contribution is -0.126. The molecule has 0 N–H and O–H groups in total. The molecule has 34 heavy (non-hydrogen) atoms. The molecule has 3 aromatic carbocycles. The molecule has 0 aliphatic carbocycles. The molecule has 2 saturated heterocycles. The lowest BCUT2D eigenvalue weighted by Gasteiger charge is -2.30. The Morgan fingerprint density at radius 1 is 0.706 bits per heavy atom. The Bertz CT molecular complexity index is 1220. The van der Waals surface area contributed by atoms with Gasteiger partial charge in [-0.1, -0.05) is 36.4 Å². The fraction of sp³-hybridized carbons (Fsp3) is 0.231. The summed E-state index contributed by atoms with van der Waals surface area (Å²) in [5, 5.41) is 1.62. The van der Waals surface area contributed by atoms with Gasteiger partial charge in [0.05, 0.1) is 32.7 Å². The second-order valence-electron chi connectivity index (χ2n) is 7.93. The van der Waals surface area contributed by atoms with Gasteiger partial charge in [0.2, 0.25) is 11.7 Å². The fourth-order valence-electron chi connectivity index (χ4n) is 4.72. The van der Waals surface area contributed by atoms with Crippen LogP contribution in [0.5, 0.6) is 17.2 Å². The summed E-state index contributed by atoms with van der Waals surface area (Å²) in [6.45, 7) is 0. The van der Waals surface area contributed by atoms with Crippen molar-refractivity contribution < 1.29 is 28.6 Å². The maximum atomic E-state index is 13.7. The van der Waals surface area contributed by atoms with Crippen molar-refractivity contribution >= 4 is 23.2 Å². The van der Waals surface area contributed by atoms with E-state index in [2.05, 4.69) is 0 Å². The molecule has 0 bridgehead atoms. The van der Waals surface area contributed by atoms with Crippen molar-refractivity contribution in [3.63, 3.8) is 0 Å². The third-order valence-electron chi connectivity index (χ3n) is 6.19. The summed E-state index contributed by atoms with van der Waals surface area (Å²) in [5.74, 6) is -0.221. The van der Waals surface area contributed by atoms with Crippen molar-refractivity contribution in [3.8, 4) is 17.2 Å². The van der Waals surface area contributed by atoms with E-state index in [-0.39, 0.29) is 5.91 Å². The van der Waals surface area contributed by atoms with Gasteiger partial charge in [-0.25, -0.2) is 9.96 Å². The first-order valence-corrected chi connectivity index (χ1v) is 10.8. The molecule has 3 aromatic rings. The average Bonchev–Trinajstić information content (AvgIpc) is 3.39. The zero-order chi connectivity index (χ0) is 23.8. The number of hydrogen-bond donors (Lipinski definition) is 0. The zero-order valence-corrected chi connectivity index (χ0v) is 19.0. The quantitative estimate of drug-likeness (QED) is 0.519. The highest BCUT2D eigenvalue weighted by atomic mass is 16.7. The Balaban J connectivity index is 1.67. The van der Waals surface area contributed by atoms with Gasteiger partial charge in [-0.3, -0.25) is 14.4 Å². The van der Waals surface area contributed by atoms with Crippen LogP contribution in [0.2, 0.25) is 0 Å². The van der Waals surface area contributed by atoms with Gasteiger partial charge in [-0.15, -0.1) is 0 Å². The van der Waals surface area contributed by atoms with Crippen molar-refractivity contribution in [2.24, 2.45) is 5.92 Å². The SMILES string of the molecule is COc1ccc([C@H]2[C@@H]3C(=O)N(c4ccccc4)C(=O)[C@H]3ON2c2ccccc2)c(OC)c1OC. The van der Waals surface area contributed by atoms with Gasteiger partial charge in [0.1, 0.15) is 12.0 Å². The van der Waals surface area contributed by atoms with Crippen LogP contribution < -0.4 is 24.2 Å². The van der Waals surface area contributed by atoms with E-state index in [0.717, 1.165) is 0 Å². The molecule has 8 nitrogen and oxygen atoms in total. The number of fused-ring (bicyclic) bond motifs is 1. The number of imide groups is 1. The number of amides is 2. The number of carbonyl (C=O) groups excluding carboxylic acids is 2. The van der Waals surface area contributed by atoms with Crippen molar-refractivity contribution in [2.45, 2.75) is 12.1 Å². The van der Waals surface area contributed by atoms with E-state index < -0.39 is 24.0 Å². The van der Waals surface area contributed by atoms with Gasteiger partial charge in [0.15, 0.2) is 17.6 Å². The number of carbonyl (C=O) groups is 2. The lowest BCUT2D eigenvalue weighted by Crippen LogP contribution is -2.37. The molecular weight excluding hydrogens is 436 g/mol. The van der Waals surface area contributed by atoms with E-state index >= 15 is 0 Å². The Labute approximate surface area is 197 Å². The number of hydrogen-bond acceptors (Lipinski definition) is 7. The molecule has 0 unspecified atom stereocenters. The molecule has 0 radical (unpaired) electrons. The van der Waals surface area contributed by atoms with Crippen LogP contribution in [0.15, 0.2) is 72.8 Å². The first-order chi connectivity index (χ1) is 16.6. The molecule has 3 atom stereocenters. The van der Waals surface area contributed by atoms with Gasteiger partial charge >= 0.3 is 0 Å². The van der Waals surface area contributed by atoms with Crippen molar-refractivity contribution in [1.29, 1.82) is 0 Å². The van der Waals surface area contributed by atoms with E-state index in [1.54, 1.807) is 42.5 Å². The molecular formula is C26H24N2O6. The predicted octanol–water partition coefficient (Wildman–Crippen LogP) is 3.76. The summed E-state index contributed by atoms with van der Waals surface area (Å²) in [6.07, 6.45) is -0.976. The number of para-hydroxylation sites is 2. The van der Waals surface area contributed by atoms with E-state index in [4.69, 9.17) is 19.0 Å². The normalized spacial score (nSPS) is 21.6. The molecule has 5 rings (SSSR count). The van der Waals surface area contributed by atoms with Gasteiger partial charge in [-0.05, 0) is 36.4 Å². The number of methoxy groups -OCH3 is 3. The smallest absolute Gasteiger partial charge is 0.266 e. The van der Waals surface area contributed by atoms with E-state index in [0.29, 0.717) is 34.2 Å². The van der Waals surface area contributed by atoms with Gasteiger partial charge in [0, 0.05) is 5.56 Å². The van der Waals surface area contributed by atoms with Crippen LogP contribution in [0.1, 0.15) is 11.6 Å². The summed E-state index contributed by atoms with van der Waals surface area (Å²) in [4.78, 5) is 34.5. The maximum Gasteiger partial charge on any atom is 0.266 e. The highest BCUT2D eigenvalue weighted by Crippen LogP contribution is 2.52. The predicted molar refractivity (Wildman–Crippen MR) is 125 cm³/mol. The lowest BCUT2D eigenvalue weighted by atomic mass is 9.89. The first kappa shape index (κ1) is 21.8. The summed E-state index contributed by atoms with van der Waals surface area (Å²) >= 11 is 0. The molecule has 0 spiro atoms. The van der Waals surface area contributed by atoms with Gasteiger partial charge in [-0.2, -0.15) is 0 Å². The standard InChI is InChI=1S/C26H24N2O6/c1-31-19-15-14-18(22(32-2)23(19)33-3)21-20-24(34-28(21)17-12-8-5-9-13-17)26(30)27(25(20)29)16-10-6-4-7-11-16/h4-15,20-21,24H,1-3H3/t20-,21-,24-/m0/s1. The Kier molecular flexibility index (Phi) is 5.59. The monoisotopic (exact) mass is 460 g/mol. The summed E-state index contributed by atoms with van der Waals surface area (Å²) in [5.41, 5.74) is 1.87. The highest BCUT2D eigenvalue weighted by Gasteiger charge is 2.61. The van der Waals surface area contributed by atoms with Gasteiger partial charge < -0.3 is 14.2 Å². The van der Waals surface area contributed by atoms with Crippen molar-refractivity contribution in [3.05, 3.63) is 78.4 Å². The molecule has 0 saturated carbocycles. The number of anilines is 2. The zero-order valence-electron chi connectivity index (χ0n) is 19.0. The molecule has 174 valence electrons. The van der Waals surface area contributed by atoms with E-state index in [9.17, 15) is 9.59 Å². The molecule has 0 aromatic heterocycles. The Morgan fingerprint density at radius 2 is 1.32 bits per heavy atom. The number of nitrogens with zero attached hydrogens (tertiary/aromatic N) is 2. The first-order valence-electron chi connectivity index (χ1n) is 10.8. The minimum Gasteiger partial charge on any atom is -0.493 e. The van der Waals surface area contributed by atoms with Crippen LogP contribution in [0, 0.1) is 5.92 Å². The molecule has 2 heterocycles. The second kappa shape index (κ2) is 8.72. The number of rotatable bonds is 6. The van der Waals surface area contributed by atoms with Crippen LogP contribution in [0.3, 0.4) is 0 Å². The topological polar surface area (TPSA) is 77.5 Å². The van der Waals surface area contributed by atoms with Gasteiger partial charge in [0.25, 0.3) is 5.91 Å². The number of ether oxygens (including phenoxy) is 3. The van der Waals surface area contributed by atoms with Crippen molar-refractivity contribution in [2.75, 3.05) is 31.3 Å². The maximum absolute atomic E-state index is 13.7.